The molecule has 1 aromatic carbocycles. The molecule has 0 amide bonds. The van der Waals surface area contributed by atoms with E-state index in [1.807, 2.05) is 0 Å². The summed E-state index contributed by atoms with van der Waals surface area (Å²) in [6.45, 7) is 2.68. The molecule has 0 bridgehead atoms. The number of hydrogen-bond acceptors (Lipinski definition) is 5. The number of nitro groups is 1. The number of imidazole rings is 1. The molecule has 8 heteroatoms. The van der Waals surface area contributed by atoms with Gasteiger partial charge >= 0.3 is 0 Å². The summed E-state index contributed by atoms with van der Waals surface area (Å²) in [5.41, 5.74) is 1.35. The van der Waals surface area contributed by atoms with Gasteiger partial charge in [-0.2, -0.15) is 4.98 Å². The van der Waals surface area contributed by atoms with E-state index in [4.69, 9.17) is 4.74 Å². The van der Waals surface area contributed by atoms with Crippen LogP contribution in [-0.4, -0.2) is 34.6 Å². The number of H-pyrrole nitrogens is 1. The highest BCUT2D eigenvalue weighted by atomic mass is 35.5. The van der Waals surface area contributed by atoms with E-state index >= 15 is 0 Å². The lowest BCUT2D eigenvalue weighted by atomic mass is 9.99. The summed E-state index contributed by atoms with van der Waals surface area (Å²) in [5, 5.41) is 14.0. The molecule has 1 fully saturated rings. The molecule has 114 valence electrons. The number of halogens is 1. The summed E-state index contributed by atoms with van der Waals surface area (Å²) in [4.78, 5) is 17.6. The van der Waals surface area contributed by atoms with Gasteiger partial charge in [-0.25, -0.2) is 0 Å². The maximum absolute atomic E-state index is 10.7. The largest absolute Gasteiger partial charge is 0.464 e. The first-order valence-corrected chi connectivity index (χ1v) is 6.70. The molecule has 0 aliphatic carbocycles. The number of non-ortho nitro benzene ring substituents is 1. The van der Waals surface area contributed by atoms with Gasteiger partial charge in [0.2, 0.25) is 0 Å². The number of piperidine rings is 1. The molecule has 0 radical (unpaired) electrons. The molecule has 2 aromatic rings. The Hall–Kier alpha value is -1.86. The van der Waals surface area contributed by atoms with Gasteiger partial charge in [-0.1, -0.05) is 0 Å². The Kier molecular flexibility index (Phi) is 4.98. The second-order valence-corrected chi connectivity index (χ2v) is 5.00. The number of ether oxygens (including phenoxy) is 1. The lowest BCUT2D eigenvalue weighted by Gasteiger charge is -2.21. The van der Waals surface area contributed by atoms with Crippen molar-refractivity contribution in [1.29, 1.82) is 0 Å². The lowest BCUT2D eigenvalue weighted by molar-refractivity contribution is -0.384. The van der Waals surface area contributed by atoms with Gasteiger partial charge in [0.25, 0.3) is 11.7 Å². The zero-order chi connectivity index (χ0) is 13.9. The van der Waals surface area contributed by atoms with Gasteiger partial charge in [0.05, 0.1) is 22.6 Å². The average molecular weight is 313 g/mol. The third-order valence-electron chi connectivity index (χ3n) is 3.57. The number of fused-ring (bicyclic) bond motifs is 1. The SMILES string of the molecule is Cl.O=[N+]([O-])c1ccc2nc(OCC3CCNCC3)[nH]c2c1. The highest BCUT2D eigenvalue weighted by molar-refractivity contribution is 5.85. The molecule has 1 aliphatic rings. The van der Waals surface area contributed by atoms with Crippen LogP contribution >= 0.6 is 12.4 Å². The van der Waals surface area contributed by atoms with Crippen LogP contribution in [0.25, 0.3) is 11.0 Å². The first-order chi connectivity index (χ1) is 9.72. The zero-order valence-corrected chi connectivity index (χ0v) is 12.2. The van der Waals surface area contributed by atoms with E-state index in [1.54, 1.807) is 6.07 Å². The Balaban J connectivity index is 0.00000161. The van der Waals surface area contributed by atoms with Crippen molar-refractivity contribution in [3.63, 3.8) is 0 Å². The van der Waals surface area contributed by atoms with Crippen LogP contribution in [0, 0.1) is 16.0 Å². The molecule has 1 aromatic heterocycles. The summed E-state index contributed by atoms with van der Waals surface area (Å²) in [6, 6.07) is 4.97. The van der Waals surface area contributed by atoms with Crippen molar-refractivity contribution in [1.82, 2.24) is 15.3 Å². The van der Waals surface area contributed by atoms with Gasteiger partial charge in [0, 0.05) is 12.1 Å². The minimum absolute atomic E-state index is 0. The molecule has 0 unspecified atom stereocenters. The van der Waals surface area contributed by atoms with Crippen molar-refractivity contribution in [3.05, 3.63) is 28.3 Å². The van der Waals surface area contributed by atoms with E-state index < -0.39 is 4.92 Å². The Morgan fingerprint density at radius 1 is 1.38 bits per heavy atom. The van der Waals surface area contributed by atoms with Gasteiger partial charge in [-0.15, -0.1) is 12.4 Å². The van der Waals surface area contributed by atoms with Crippen molar-refractivity contribution < 1.29 is 9.66 Å². The smallest absolute Gasteiger partial charge is 0.294 e. The number of rotatable bonds is 4. The van der Waals surface area contributed by atoms with Crippen molar-refractivity contribution in [3.8, 4) is 6.01 Å². The Morgan fingerprint density at radius 3 is 2.86 bits per heavy atom. The first-order valence-electron chi connectivity index (χ1n) is 6.70. The first kappa shape index (κ1) is 15.5. The fraction of sp³-hybridized carbons (Fsp3) is 0.462. The van der Waals surface area contributed by atoms with Gasteiger partial charge in [-0.3, -0.25) is 10.1 Å². The van der Waals surface area contributed by atoms with Crippen LogP contribution in [0.2, 0.25) is 0 Å². The second kappa shape index (κ2) is 6.73. The molecule has 21 heavy (non-hydrogen) atoms. The van der Waals surface area contributed by atoms with Crippen LogP contribution in [0.1, 0.15) is 12.8 Å². The lowest BCUT2D eigenvalue weighted by Crippen LogP contribution is -2.30. The van der Waals surface area contributed by atoms with Crippen LogP contribution in [0.5, 0.6) is 6.01 Å². The molecule has 2 heterocycles. The van der Waals surface area contributed by atoms with E-state index in [-0.39, 0.29) is 18.1 Å². The number of nitro benzene ring substituents is 1. The highest BCUT2D eigenvalue weighted by Crippen LogP contribution is 2.22. The van der Waals surface area contributed by atoms with Crippen LogP contribution < -0.4 is 10.1 Å². The number of benzene rings is 1. The zero-order valence-electron chi connectivity index (χ0n) is 11.4. The van der Waals surface area contributed by atoms with Gasteiger partial charge < -0.3 is 15.0 Å². The maximum atomic E-state index is 10.7. The van der Waals surface area contributed by atoms with Gasteiger partial charge in [0.1, 0.15) is 0 Å². The van der Waals surface area contributed by atoms with Crippen molar-refractivity contribution in [2.24, 2.45) is 5.92 Å². The van der Waals surface area contributed by atoms with E-state index in [0.29, 0.717) is 29.6 Å². The quantitative estimate of drug-likeness (QED) is 0.667. The second-order valence-electron chi connectivity index (χ2n) is 5.00. The standard InChI is InChI=1S/C13H16N4O3.ClH/c18-17(19)10-1-2-11-12(7-10)16-13(15-11)20-8-9-3-5-14-6-4-9;/h1-2,7,9,14H,3-6,8H2,(H,15,16);1H. The molecule has 3 rings (SSSR count). The number of aromatic nitrogens is 2. The molecule has 0 atom stereocenters. The summed E-state index contributed by atoms with van der Waals surface area (Å²) in [7, 11) is 0. The third kappa shape index (κ3) is 3.62. The number of nitrogens with one attached hydrogen (secondary N) is 2. The van der Waals surface area contributed by atoms with Crippen molar-refractivity contribution in [2.45, 2.75) is 12.8 Å². The number of hydrogen-bond donors (Lipinski definition) is 2. The minimum atomic E-state index is -0.421. The maximum Gasteiger partial charge on any atom is 0.294 e. The molecule has 0 saturated carbocycles. The van der Waals surface area contributed by atoms with E-state index in [2.05, 4.69) is 15.3 Å². The average Bonchev–Trinajstić information content (AvgIpc) is 2.88. The van der Waals surface area contributed by atoms with Crippen molar-refractivity contribution >= 4 is 29.1 Å². The molecular weight excluding hydrogens is 296 g/mol. The Labute approximate surface area is 127 Å². The summed E-state index contributed by atoms with van der Waals surface area (Å²) >= 11 is 0. The van der Waals surface area contributed by atoms with Crippen LogP contribution in [0.4, 0.5) is 5.69 Å². The molecule has 7 nitrogen and oxygen atoms in total. The molecular formula is C13H17ClN4O3. The normalized spacial score (nSPS) is 15.6. The van der Waals surface area contributed by atoms with E-state index in [9.17, 15) is 10.1 Å². The predicted octanol–water partition coefficient (Wildman–Crippen LogP) is 2.27. The number of nitrogens with zero attached hydrogens (tertiary/aromatic N) is 2. The number of aromatic amines is 1. The monoisotopic (exact) mass is 312 g/mol. The van der Waals surface area contributed by atoms with E-state index in [1.165, 1.54) is 12.1 Å². The third-order valence-corrected chi connectivity index (χ3v) is 3.57. The highest BCUT2D eigenvalue weighted by Gasteiger charge is 2.15. The van der Waals surface area contributed by atoms with Crippen LogP contribution in [0.3, 0.4) is 0 Å². The van der Waals surface area contributed by atoms with E-state index in [0.717, 1.165) is 25.9 Å². The topological polar surface area (TPSA) is 93.1 Å². The van der Waals surface area contributed by atoms with Crippen molar-refractivity contribution in [2.75, 3.05) is 19.7 Å². The molecule has 2 N–H and O–H groups in total. The van der Waals surface area contributed by atoms with Gasteiger partial charge in [0.15, 0.2) is 0 Å². The van der Waals surface area contributed by atoms with Crippen LogP contribution in [-0.2, 0) is 0 Å². The summed E-state index contributed by atoms with van der Waals surface area (Å²) < 4.78 is 5.67. The van der Waals surface area contributed by atoms with Gasteiger partial charge in [-0.05, 0) is 37.9 Å². The molecule has 0 spiro atoms. The summed E-state index contributed by atoms with van der Waals surface area (Å²) in [6.07, 6.45) is 2.21. The van der Waals surface area contributed by atoms with Crippen LogP contribution in [0.15, 0.2) is 18.2 Å². The molecule has 1 aliphatic heterocycles. The minimum Gasteiger partial charge on any atom is -0.464 e. The fourth-order valence-electron chi connectivity index (χ4n) is 2.40. The summed E-state index contributed by atoms with van der Waals surface area (Å²) in [5.74, 6) is 0.541. The molecule has 1 saturated heterocycles. The Bertz CT molecular complexity index is 625. The Morgan fingerprint density at radius 2 is 2.14 bits per heavy atom. The fourth-order valence-corrected chi connectivity index (χ4v) is 2.40. The predicted molar refractivity (Wildman–Crippen MR) is 81.1 cm³/mol.